The van der Waals surface area contributed by atoms with Gasteiger partial charge in [0.15, 0.2) is 6.61 Å². The molecule has 1 fully saturated rings. The number of carbonyl (C=O) groups is 2. The molecule has 1 aromatic carbocycles. The normalized spacial score (nSPS) is 21.4. The highest BCUT2D eigenvalue weighted by Gasteiger charge is 2.32. The molecule has 2 N–H and O–H groups in total. The van der Waals surface area contributed by atoms with Crippen LogP contribution in [0.15, 0.2) is 30.3 Å². The third kappa shape index (κ3) is 3.98. The van der Waals surface area contributed by atoms with E-state index in [9.17, 15) is 9.59 Å². The second-order valence-electron chi connectivity index (χ2n) is 5.04. The smallest absolute Gasteiger partial charge is 0.306 e. The van der Waals surface area contributed by atoms with Gasteiger partial charge in [0.2, 0.25) is 0 Å². The van der Waals surface area contributed by atoms with Crippen LogP contribution in [0.1, 0.15) is 19.3 Å². The van der Waals surface area contributed by atoms with Crippen molar-refractivity contribution in [3.63, 3.8) is 0 Å². The predicted molar refractivity (Wildman–Crippen MR) is 73.4 cm³/mol. The number of amides is 1. The van der Waals surface area contributed by atoms with Gasteiger partial charge in [0.05, 0.1) is 5.92 Å². The van der Waals surface area contributed by atoms with Crippen molar-refractivity contribution in [1.29, 1.82) is 0 Å². The van der Waals surface area contributed by atoms with Crippen LogP contribution < -0.4 is 10.1 Å². The molecule has 1 aromatic rings. The first-order valence-corrected chi connectivity index (χ1v) is 6.84. The van der Waals surface area contributed by atoms with Gasteiger partial charge in [-0.15, -0.1) is 0 Å². The van der Waals surface area contributed by atoms with Gasteiger partial charge in [-0.25, -0.2) is 0 Å². The number of benzene rings is 1. The molecule has 5 heteroatoms. The molecule has 1 amide bonds. The minimum absolute atomic E-state index is 0.0353. The van der Waals surface area contributed by atoms with Gasteiger partial charge in [-0.1, -0.05) is 24.6 Å². The third-order valence-corrected chi connectivity index (χ3v) is 3.65. The lowest BCUT2D eigenvalue weighted by molar-refractivity contribution is -0.143. The highest BCUT2D eigenvalue weighted by atomic mass is 16.5. The molecular formula is C15H19NO4. The van der Waals surface area contributed by atoms with Crippen molar-refractivity contribution in [1.82, 2.24) is 5.32 Å². The van der Waals surface area contributed by atoms with E-state index in [0.29, 0.717) is 18.7 Å². The molecule has 2 atom stereocenters. The average molecular weight is 277 g/mol. The van der Waals surface area contributed by atoms with Gasteiger partial charge < -0.3 is 15.2 Å². The quantitative estimate of drug-likeness (QED) is 0.829. The summed E-state index contributed by atoms with van der Waals surface area (Å²) in [5.41, 5.74) is 0. The van der Waals surface area contributed by atoms with Crippen molar-refractivity contribution in [2.45, 2.75) is 19.3 Å². The Labute approximate surface area is 117 Å². The summed E-state index contributed by atoms with van der Waals surface area (Å²) < 4.78 is 5.33. The Balaban J connectivity index is 1.71. The van der Waals surface area contributed by atoms with Crippen molar-refractivity contribution in [2.24, 2.45) is 11.8 Å². The molecular weight excluding hydrogens is 258 g/mol. The summed E-state index contributed by atoms with van der Waals surface area (Å²) in [5.74, 6) is -0.627. The Morgan fingerprint density at radius 1 is 1.25 bits per heavy atom. The number of carboxylic acids is 1. The van der Waals surface area contributed by atoms with Crippen LogP contribution in [0, 0.1) is 11.8 Å². The van der Waals surface area contributed by atoms with Gasteiger partial charge in [-0.3, -0.25) is 9.59 Å². The highest BCUT2D eigenvalue weighted by molar-refractivity contribution is 5.77. The minimum Gasteiger partial charge on any atom is -0.484 e. The summed E-state index contributed by atoms with van der Waals surface area (Å²) in [4.78, 5) is 22.7. The summed E-state index contributed by atoms with van der Waals surface area (Å²) in [5, 5.41) is 11.8. The molecule has 1 aliphatic rings. The first-order chi connectivity index (χ1) is 9.66. The Bertz CT molecular complexity index is 460. The van der Waals surface area contributed by atoms with E-state index >= 15 is 0 Å². The lowest BCUT2D eigenvalue weighted by Gasteiger charge is -2.16. The number of nitrogens with one attached hydrogen (secondary N) is 1. The molecule has 108 valence electrons. The maximum atomic E-state index is 11.7. The number of rotatable bonds is 6. The monoisotopic (exact) mass is 277 g/mol. The Kier molecular flexibility index (Phi) is 4.98. The molecule has 2 unspecified atom stereocenters. The molecule has 5 nitrogen and oxygen atoms in total. The second kappa shape index (κ2) is 6.93. The first kappa shape index (κ1) is 14.4. The van der Waals surface area contributed by atoms with Crippen molar-refractivity contribution in [3.8, 4) is 5.75 Å². The van der Waals surface area contributed by atoms with E-state index in [1.165, 1.54) is 0 Å². The van der Waals surface area contributed by atoms with Crippen LogP contribution in [0.25, 0.3) is 0 Å². The van der Waals surface area contributed by atoms with Gasteiger partial charge >= 0.3 is 5.97 Å². The topological polar surface area (TPSA) is 75.6 Å². The zero-order chi connectivity index (χ0) is 14.4. The number of hydrogen-bond donors (Lipinski definition) is 2. The molecule has 20 heavy (non-hydrogen) atoms. The molecule has 0 aliphatic heterocycles. The van der Waals surface area contributed by atoms with Crippen LogP contribution in [0.2, 0.25) is 0 Å². The van der Waals surface area contributed by atoms with Gasteiger partial charge in [0.1, 0.15) is 5.75 Å². The molecule has 2 rings (SSSR count). The van der Waals surface area contributed by atoms with Crippen molar-refractivity contribution >= 4 is 11.9 Å². The predicted octanol–water partition coefficient (Wildman–Crippen LogP) is 1.68. The van der Waals surface area contributed by atoms with E-state index in [1.807, 2.05) is 18.2 Å². The third-order valence-electron chi connectivity index (χ3n) is 3.65. The maximum absolute atomic E-state index is 11.7. The fraction of sp³-hybridized carbons (Fsp3) is 0.467. The van der Waals surface area contributed by atoms with E-state index in [0.717, 1.165) is 12.8 Å². The zero-order valence-corrected chi connectivity index (χ0v) is 11.2. The van der Waals surface area contributed by atoms with Crippen LogP contribution in [0.4, 0.5) is 0 Å². The molecule has 0 radical (unpaired) electrons. The molecule has 0 heterocycles. The fourth-order valence-electron chi connectivity index (χ4n) is 2.57. The van der Waals surface area contributed by atoms with Crippen LogP contribution in [-0.2, 0) is 9.59 Å². The van der Waals surface area contributed by atoms with Crippen LogP contribution in [-0.4, -0.2) is 30.1 Å². The number of ether oxygens (including phenoxy) is 1. The van der Waals surface area contributed by atoms with Crippen LogP contribution >= 0.6 is 0 Å². The molecule has 1 saturated carbocycles. The summed E-state index contributed by atoms with van der Waals surface area (Å²) in [6, 6.07) is 9.11. The molecule has 1 aliphatic carbocycles. The summed E-state index contributed by atoms with van der Waals surface area (Å²) in [6.07, 6.45) is 2.48. The molecule has 0 spiro atoms. The standard InChI is InChI=1S/C15H19NO4/c17-14(10-20-12-6-2-1-3-7-12)16-9-11-5-4-8-13(11)15(18)19/h1-3,6-7,11,13H,4-5,8-10H2,(H,16,17)(H,18,19). The number of aliphatic carboxylic acids is 1. The average Bonchev–Trinajstić information content (AvgIpc) is 2.92. The van der Waals surface area contributed by atoms with Crippen molar-refractivity contribution in [3.05, 3.63) is 30.3 Å². The summed E-state index contributed by atoms with van der Waals surface area (Å²) in [6.45, 7) is 0.364. The van der Waals surface area contributed by atoms with E-state index in [-0.39, 0.29) is 24.3 Å². The van der Waals surface area contributed by atoms with E-state index < -0.39 is 5.97 Å². The van der Waals surface area contributed by atoms with E-state index in [4.69, 9.17) is 9.84 Å². The van der Waals surface area contributed by atoms with Crippen LogP contribution in [0.5, 0.6) is 5.75 Å². The Hall–Kier alpha value is -2.04. The lowest BCUT2D eigenvalue weighted by Crippen LogP contribution is -2.35. The summed E-state index contributed by atoms with van der Waals surface area (Å²) >= 11 is 0. The number of carbonyl (C=O) groups excluding carboxylic acids is 1. The molecule has 0 saturated heterocycles. The lowest BCUT2D eigenvalue weighted by atomic mass is 9.96. The summed E-state index contributed by atoms with van der Waals surface area (Å²) in [7, 11) is 0. The van der Waals surface area contributed by atoms with Crippen LogP contribution in [0.3, 0.4) is 0 Å². The highest BCUT2D eigenvalue weighted by Crippen LogP contribution is 2.31. The minimum atomic E-state index is -0.762. The van der Waals surface area contributed by atoms with E-state index in [2.05, 4.69) is 5.32 Å². The van der Waals surface area contributed by atoms with E-state index in [1.54, 1.807) is 12.1 Å². The number of carboxylic acid groups (broad SMARTS) is 1. The van der Waals surface area contributed by atoms with Gasteiger partial charge in [0, 0.05) is 6.54 Å². The van der Waals surface area contributed by atoms with Crippen molar-refractivity contribution < 1.29 is 19.4 Å². The largest absolute Gasteiger partial charge is 0.484 e. The number of hydrogen-bond acceptors (Lipinski definition) is 3. The Morgan fingerprint density at radius 2 is 2.00 bits per heavy atom. The Morgan fingerprint density at radius 3 is 2.70 bits per heavy atom. The van der Waals surface area contributed by atoms with Gasteiger partial charge in [-0.05, 0) is 30.9 Å². The second-order valence-corrected chi connectivity index (χ2v) is 5.04. The SMILES string of the molecule is O=C(COc1ccccc1)NCC1CCCC1C(=O)O. The first-order valence-electron chi connectivity index (χ1n) is 6.84. The number of para-hydroxylation sites is 1. The molecule has 0 aromatic heterocycles. The zero-order valence-electron chi connectivity index (χ0n) is 11.2. The van der Waals surface area contributed by atoms with Gasteiger partial charge in [0.25, 0.3) is 5.91 Å². The van der Waals surface area contributed by atoms with Gasteiger partial charge in [-0.2, -0.15) is 0 Å². The molecule has 0 bridgehead atoms. The maximum Gasteiger partial charge on any atom is 0.306 e. The fourth-order valence-corrected chi connectivity index (χ4v) is 2.57. The van der Waals surface area contributed by atoms with Crippen molar-refractivity contribution in [2.75, 3.05) is 13.2 Å².